The highest BCUT2D eigenvalue weighted by molar-refractivity contribution is 5.65. The van der Waals surface area contributed by atoms with E-state index in [1.165, 1.54) is 29.7 Å². The minimum absolute atomic E-state index is 0.282. The van der Waals surface area contributed by atoms with E-state index in [0.717, 1.165) is 55.3 Å². The molecule has 5 rings (SSSR count). The lowest BCUT2D eigenvalue weighted by molar-refractivity contribution is 0.273. The van der Waals surface area contributed by atoms with Crippen LogP contribution in [0.1, 0.15) is 41.4 Å². The second-order valence-electron chi connectivity index (χ2n) is 8.26. The van der Waals surface area contributed by atoms with Crippen LogP contribution in [-0.4, -0.2) is 40.2 Å². The van der Waals surface area contributed by atoms with E-state index in [-0.39, 0.29) is 5.75 Å². The van der Waals surface area contributed by atoms with Gasteiger partial charge in [-0.1, -0.05) is 18.2 Å². The summed E-state index contributed by atoms with van der Waals surface area (Å²) in [5, 5.41) is 9.71. The first-order valence-corrected chi connectivity index (χ1v) is 10.7. The lowest BCUT2D eigenvalue weighted by Gasteiger charge is -2.21. The molecule has 2 aliphatic rings. The molecule has 0 saturated heterocycles. The van der Waals surface area contributed by atoms with E-state index in [4.69, 9.17) is 14.7 Å². The van der Waals surface area contributed by atoms with Crippen LogP contribution < -0.4 is 4.74 Å². The molecule has 3 aromatic rings. The number of aromatic nitrogens is 2. The van der Waals surface area contributed by atoms with Crippen molar-refractivity contribution in [1.82, 2.24) is 14.9 Å². The summed E-state index contributed by atoms with van der Waals surface area (Å²) in [6.07, 6.45) is 4.23. The highest BCUT2D eigenvalue weighted by Crippen LogP contribution is 2.40. The first kappa shape index (κ1) is 19.1. The summed E-state index contributed by atoms with van der Waals surface area (Å²) in [5.41, 5.74) is 5.77. The zero-order valence-electron chi connectivity index (χ0n) is 17.3. The van der Waals surface area contributed by atoms with Crippen molar-refractivity contribution in [2.45, 2.75) is 38.1 Å². The van der Waals surface area contributed by atoms with E-state index in [2.05, 4.69) is 17.0 Å². The fourth-order valence-corrected chi connectivity index (χ4v) is 4.28. The number of fused-ring (bicyclic) bond motifs is 1. The van der Waals surface area contributed by atoms with E-state index in [0.29, 0.717) is 5.92 Å². The van der Waals surface area contributed by atoms with E-state index in [1.54, 1.807) is 19.2 Å². The molecule has 1 aliphatic heterocycles. The van der Waals surface area contributed by atoms with Crippen LogP contribution in [0.5, 0.6) is 11.5 Å². The maximum Gasteiger partial charge on any atom is 0.132 e. The largest absolute Gasteiger partial charge is 0.508 e. The molecule has 5 heteroatoms. The number of para-hydroxylation sites is 1. The van der Waals surface area contributed by atoms with E-state index >= 15 is 0 Å². The van der Waals surface area contributed by atoms with Gasteiger partial charge in [-0.2, -0.15) is 0 Å². The maximum atomic E-state index is 9.71. The first-order valence-electron chi connectivity index (χ1n) is 10.7. The second-order valence-corrected chi connectivity index (χ2v) is 8.26. The first-order chi connectivity index (χ1) is 14.7. The standard InChI is InChI=1S/C25H27N3O2/c1-30-23-5-3-2-4-19(23)16-28-14-12-21-22(13-15-28)26-25(18-6-7-18)27-24(21)17-8-10-20(29)11-9-17/h2-5,8-11,18,29H,6-7,12-16H2,1H3. The van der Waals surface area contributed by atoms with Crippen LogP contribution in [0.25, 0.3) is 11.3 Å². The molecular weight excluding hydrogens is 374 g/mol. The van der Waals surface area contributed by atoms with Crippen LogP contribution in [-0.2, 0) is 19.4 Å². The van der Waals surface area contributed by atoms with E-state index in [1.807, 2.05) is 24.3 Å². The molecule has 1 fully saturated rings. The van der Waals surface area contributed by atoms with E-state index in [9.17, 15) is 5.11 Å². The maximum absolute atomic E-state index is 9.71. The number of hydrogen-bond acceptors (Lipinski definition) is 5. The fourth-order valence-electron chi connectivity index (χ4n) is 4.28. The van der Waals surface area contributed by atoms with Gasteiger partial charge >= 0.3 is 0 Å². The number of methoxy groups -OCH3 is 1. The number of hydrogen-bond donors (Lipinski definition) is 1. The fraction of sp³-hybridized carbons (Fsp3) is 0.360. The Labute approximate surface area is 177 Å². The number of phenolic OH excluding ortho intramolecular Hbond substituents is 1. The normalized spacial score (nSPS) is 16.7. The SMILES string of the molecule is COc1ccccc1CN1CCc2nc(C3CC3)nc(-c3ccc(O)cc3)c2CC1. The molecule has 0 radical (unpaired) electrons. The molecule has 5 nitrogen and oxygen atoms in total. The minimum Gasteiger partial charge on any atom is -0.508 e. The van der Waals surface area contributed by atoms with Crippen molar-refractivity contribution in [3.8, 4) is 22.8 Å². The van der Waals surface area contributed by atoms with Crippen LogP contribution >= 0.6 is 0 Å². The Balaban J connectivity index is 1.45. The van der Waals surface area contributed by atoms with Gasteiger partial charge in [0.2, 0.25) is 0 Å². The highest BCUT2D eigenvalue weighted by Gasteiger charge is 2.30. The van der Waals surface area contributed by atoms with Crippen LogP contribution in [0.15, 0.2) is 48.5 Å². The Morgan fingerprint density at radius 3 is 2.53 bits per heavy atom. The summed E-state index contributed by atoms with van der Waals surface area (Å²) in [4.78, 5) is 12.5. The highest BCUT2D eigenvalue weighted by atomic mass is 16.5. The number of phenols is 1. The topological polar surface area (TPSA) is 58.5 Å². The quantitative estimate of drug-likeness (QED) is 0.689. The van der Waals surface area contributed by atoms with Crippen molar-refractivity contribution in [3.05, 3.63) is 71.2 Å². The summed E-state index contributed by atoms with van der Waals surface area (Å²) >= 11 is 0. The molecule has 0 unspecified atom stereocenters. The molecule has 30 heavy (non-hydrogen) atoms. The zero-order valence-corrected chi connectivity index (χ0v) is 17.3. The third-order valence-electron chi connectivity index (χ3n) is 6.12. The molecule has 0 spiro atoms. The van der Waals surface area contributed by atoms with Crippen LogP contribution in [0.3, 0.4) is 0 Å². The van der Waals surface area contributed by atoms with Crippen LogP contribution in [0, 0.1) is 0 Å². The smallest absolute Gasteiger partial charge is 0.132 e. The number of ether oxygens (including phenoxy) is 1. The Kier molecular flexibility index (Phi) is 5.13. The Bertz CT molecular complexity index is 1040. The number of rotatable bonds is 5. The van der Waals surface area contributed by atoms with Gasteiger partial charge in [-0.15, -0.1) is 0 Å². The Morgan fingerprint density at radius 2 is 1.77 bits per heavy atom. The molecule has 0 atom stereocenters. The summed E-state index contributed by atoms with van der Waals surface area (Å²) in [6, 6.07) is 15.7. The molecule has 0 bridgehead atoms. The molecule has 154 valence electrons. The molecule has 2 heterocycles. The van der Waals surface area contributed by atoms with Crippen molar-refractivity contribution in [1.29, 1.82) is 0 Å². The summed E-state index contributed by atoms with van der Waals surface area (Å²) in [5.74, 6) is 2.73. The monoisotopic (exact) mass is 401 g/mol. The van der Waals surface area contributed by atoms with Gasteiger partial charge in [0, 0.05) is 54.4 Å². The third-order valence-corrected chi connectivity index (χ3v) is 6.12. The minimum atomic E-state index is 0.282. The molecule has 2 aromatic carbocycles. The van der Waals surface area contributed by atoms with E-state index < -0.39 is 0 Å². The number of nitrogens with zero attached hydrogens (tertiary/aromatic N) is 3. The molecule has 1 N–H and O–H groups in total. The summed E-state index contributed by atoms with van der Waals surface area (Å²) in [6.45, 7) is 2.80. The van der Waals surface area contributed by atoms with Gasteiger partial charge < -0.3 is 9.84 Å². The predicted molar refractivity (Wildman–Crippen MR) is 117 cm³/mol. The van der Waals surface area contributed by atoms with Gasteiger partial charge in [-0.3, -0.25) is 4.90 Å². The number of benzene rings is 2. The third kappa shape index (κ3) is 3.90. The summed E-state index contributed by atoms with van der Waals surface area (Å²) < 4.78 is 5.55. The zero-order chi connectivity index (χ0) is 20.5. The van der Waals surface area contributed by atoms with Crippen LogP contribution in [0.4, 0.5) is 0 Å². The molecule has 1 aromatic heterocycles. The van der Waals surface area contributed by atoms with Crippen molar-refractivity contribution >= 4 is 0 Å². The number of aromatic hydroxyl groups is 1. The second kappa shape index (κ2) is 8.07. The molecule has 1 aliphatic carbocycles. The lowest BCUT2D eigenvalue weighted by Crippen LogP contribution is -2.26. The van der Waals surface area contributed by atoms with Crippen LogP contribution in [0.2, 0.25) is 0 Å². The van der Waals surface area contributed by atoms with Crippen molar-refractivity contribution in [2.75, 3.05) is 20.2 Å². The van der Waals surface area contributed by atoms with Crippen molar-refractivity contribution in [2.24, 2.45) is 0 Å². The molecule has 0 amide bonds. The van der Waals surface area contributed by atoms with Gasteiger partial charge in [-0.25, -0.2) is 9.97 Å². The van der Waals surface area contributed by atoms with Crippen molar-refractivity contribution in [3.63, 3.8) is 0 Å². The molecular formula is C25H27N3O2. The average molecular weight is 402 g/mol. The predicted octanol–water partition coefficient (Wildman–Crippen LogP) is 4.34. The average Bonchev–Trinajstić information content (AvgIpc) is 3.62. The molecule has 1 saturated carbocycles. The van der Waals surface area contributed by atoms with Gasteiger partial charge in [0.25, 0.3) is 0 Å². The van der Waals surface area contributed by atoms with Gasteiger partial charge in [-0.05, 0) is 49.6 Å². The lowest BCUT2D eigenvalue weighted by atomic mass is 10.0. The van der Waals surface area contributed by atoms with Gasteiger partial charge in [0.15, 0.2) is 0 Å². The summed E-state index contributed by atoms with van der Waals surface area (Å²) in [7, 11) is 1.73. The van der Waals surface area contributed by atoms with Gasteiger partial charge in [0.1, 0.15) is 17.3 Å². The Hall–Kier alpha value is -2.92. The van der Waals surface area contributed by atoms with Crippen molar-refractivity contribution < 1.29 is 9.84 Å². The van der Waals surface area contributed by atoms with Gasteiger partial charge in [0.05, 0.1) is 12.8 Å². The Morgan fingerprint density at radius 1 is 1.00 bits per heavy atom.